The fourth-order valence-electron chi connectivity index (χ4n) is 3.47. The number of nitrogens with two attached hydrogens (primary N) is 1. The molecule has 0 unspecified atom stereocenters. The van der Waals surface area contributed by atoms with Crippen LogP contribution in [0.15, 0.2) is 18.2 Å². The molecule has 1 aromatic carbocycles. The van der Waals surface area contributed by atoms with Gasteiger partial charge in [-0.3, -0.25) is 25.0 Å². The minimum atomic E-state index is -0.570. The second-order valence-corrected chi connectivity index (χ2v) is 8.55. The molecule has 1 aliphatic carbocycles. The Hall–Kier alpha value is -2.85. The van der Waals surface area contributed by atoms with E-state index in [1.54, 1.807) is 0 Å². The summed E-state index contributed by atoms with van der Waals surface area (Å²) in [6.45, 7) is 3.66. The summed E-state index contributed by atoms with van der Waals surface area (Å²) in [6.07, 6.45) is 2.63. The largest absolute Gasteiger partial charge is 0.365 e. The van der Waals surface area contributed by atoms with Crippen molar-refractivity contribution < 1.29 is 14.5 Å². The van der Waals surface area contributed by atoms with E-state index in [4.69, 9.17) is 18.0 Å². The van der Waals surface area contributed by atoms with E-state index < -0.39 is 16.7 Å². The van der Waals surface area contributed by atoms with Crippen LogP contribution in [-0.2, 0) is 12.8 Å². The second kappa shape index (κ2) is 8.26. The summed E-state index contributed by atoms with van der Waals surface area (Å²) in [7, 11) is 0. The van der Waals surface area contributed by atoms with Crippen LogP contribution in [0.2, 0.25) is 0 Å². The molecule has 1 heterocycles. The highest BCUT2D eigenvalue weighted by Crippen LogP contribution is 2.39. The number of nitrogens with zero attached hydrogens (tertiary/aromatic N) is 1. The SMILES string of the molecule is Cc1c(C(=O)NC(=S)Nc2sc3c(c2C(N)=O)CC[C@H](C)C3)cccc1[N+](=O)[O-]. The van der Waals surface area contributed by atoms with E-state index in [9.17, 15) is 19.7 Å². The third kappa shape index (κ3) is 4.28. The molecule has 3 rings (SSSR count). The molecule has 0 saturated carbocycles. The number of hydrogen-bond acceptors (Lipinski definition) is 6. The van der Waals surface area contributed by atoms with E-state index in [-0.39, 0.29) is 21.9 Å². The van der Waals surface area contributed by atoms with Crippen molar-refractivity contribution in [3.8, 4) is 0 Å². The maximum atomic E-state index is 12.5. The minimum Gasteiger partial charge on any atom is -0.365 e. The Bertz CT molecular complexity index is 1030. The molecule has 8 nitrogen and oxygen atoms in total. The Kier molecular flexibility index (Phi) is 5.94. The maximum Gasteiger partial charge on any atom is 0.273 e. The molecule has 0 saturated heterocycles. The first-order valence-electron chi connectivity index (χ1n) is 8.99. The fraction of sp³-hybridized carbons (Fsp3) is 0.316. The van der Waals surface area contributed by atoms with Gasteiger partial charge in [-0.15, -0.1) is 11.3 Å². The quantitative estimate of drug-likeness (QED) is 0.386. The zero-order valence-corrected chi connectivity index (χ0v) is 17.5. The predicted octanol–water partition coefficient (Wildman–Crippen LogP) is 3.32. The number of hydrogen-bond donors (Lipinski definition) is 3. The molecular formula is C19H20N4O4S2. The number of thiocarbonyl (C=S) groups is 1. The van der Waals surface area contributed by atoms with Crippen molar-refractivity contribution in [2.75, 3.05) is 5.32 Å². The Labute approximate surface area is 176 Å². The van der Waals surface area contributed by atoms with Crippen LogP contribution in [0.1, 0.15) is 50.1 Å². The molecule has 4 N–H and O–H groups in total. The summed E-state index contributed by atoms with van der Waals surface area (Å²) in [5.41, 5.74) is 7.20. The van der Waals surface area contributed by atoms with Crippen molar-refractivity contribution in [3.63, 3.8) is 0 Å². The van der Waals surface area contributed by atoms with Gasteiger partial charge in [-0.05, 0) is 56.0 Å². The van der Waals surface area contributed by atoms with Gasteiger partial charge >= 0.3 is 0 Å². The number of amides is 2. The lowest BCUT2D eigenvalue weighted by Crippen LogP contribution is -2.34. The minimum absolute atomic E-state index is 0.00458. The molecule has 2 amide bonds. The maximum absolute atomic E-state index is 12.5. The summed E-state index contributed by atoms with van der Waals surface area (Å²) in [4.78, 5) is 36.2. The van der Waals surface area contributed by atoms with Gasteiger partial charge in [0.1, 0.15) is 5.00 Å². The van der Waals surface area contributed by atoms with Gasteiger partial charge in [0.25, 0.3) is 17.5 Å². The lowest BCUT2D eigenvalue weighted by Gasteiger charge is -2.18. The van der Waals surface area contributed by atoms with Crippen LogP contribution in [0, 0.1) is 23.0 Å². The predicted molar refractivity (Wildman–Crippen MR) is 116 cm³/mol. The van der Waals surface area contributed by atoms with Crippen molar-refractivity contribution >= 4 is 51.2 Å². The number of nitro groups is 1. The van der Waals surface area contributed by atoms with Crippen molar-refractivity contribution in [2.24, 2.45) is 11.7 Å². The molecular weight excluding hydrogens is 412 g/mol. The van der Waals surface area contributed by atoms with E-state index >= 15 is 0 Å². The molecule has 0 spiro atoms. The molecule has 152 valence electrons. The Balaban J connectivity index is 1.80. The zero-order chi connectivity index (χ0) is 21.3. The number of rotatable bonds is 4. The number of carbonyl (C=O) groups is 2. The molecule has 1 atom stereocenters. The van der Waals surface area contributed by atoms with Crippen LogP contribution in [0.4, 0.5) is 10.7 Å². The molecule has 0 radical (unpaired) electrons. The molecule has 29 heavy (non-hydrogen) atoms. The lowest BCUT2D eigenvalue weighted by molar-refractivity contribution is -0.385. The van der Waals surface area contributed by atoms with Crippen LogP contribution in [0.5, 0.6) is 0 Å². The highest BCUT2D eigenvalue weighted by molar-refractivity contribution is 7.80. The number of anilines is 1. The number of thiophene rings is 1. The van der Waals surface area contributed by atoms with E-state index in [1.807, 2.05) is 0 Å². The number of primary amides is 1. The Morgan fingerprint density at radius 1 is 1.38 bits per heavy atom. The van der Waals surface area contributed by atoms with Gasteiger partial charge < -0.3 is 11.1 Å². The molecule has 0 fully saturated rings. The monoisotopic (exact) mass is 432 g/mol. The molecule has 1 aromatic heterocycles. The van der Waals surface area contributed by atoms with E-state index in [0.717, 1.165) is 29.7 Å². The molecule has 2 aromatic rings. The number of carbonyl (C=O) groups excluding carboxylic acids is 2. The average Bonchev–Trinajstić information content (AvgIpc) is 2.98. The van der Waals surface area contributed by atoms with E-state index in [0.29, 0.717) is 16.5 Å². The first-order chi connectivity index (χ1) is 13.7. The first kappa shape index (κ1) is 20.9. The first-order valence-corrected chi connectivity index (χ1v) is 10.2. The Morgan fingerprint density at radius 3 is 2.76 bits per heavy atom. The van der Waals surface area contributed by atoms with Gasteiger partial charge in [0.05, 0.1) is 10.5 Å². The van der Waals surface area contributed by atoms with Crippen molar-refractivity contribution in [3.05, 3.63) is 55.4 Å². The number of benzene rings is 1. The molecule has 0 bridgehead atoms. The van der Waals surface area contributed by atoms with Crippen LogP contribution in [0.3, 0.4) is 0 Å². The van der Waals surface area contributed by atoms with Crippen LogP contribution in [0.25, 0.3) is 0 Å². The van der Waals surface area contributed by atoms with Gasteiger partial charge in [-0.25, -0.2) is 0 Å². The summed E-state index contributed by atoms with van der Waals surface area (Å²) in [5, 5.41) is 17.0. The number of nitrogens with one attached hydrogen (secondary N) is 2. The summed E-state index contributed by atoms with van der Waals surface area (Å²) in [5.74, 6) is -0.583. The summed E-state index contributed by atoms with van der Waals surface area (Å²) >= 11 is 6.64. The second-order valence-electron chi connectivity index (χ2n) is 7.04. The smallest absolute Gasteiger partial charge is 0.273 e. The van der Waals surface area contributed by atoms with Crippen molar-refractivity contribution in [1.29, 1.82) is 0 Å². The third-order valence-electron chi connectivity index (χ3n) is 4.96. The van der Waals surface area contributed by atoms with Gasteiger partial charge in [0, 0.05) is 22.1 Å². The standard InChI is InChI=1S/C19H20N4O4S2/c1-9-6-7-12-14(8-9)29-18(15(12)16(20)24)22-19(28)21-17(25)11-4-3-5-13(10(11)2)23(26)27/h3-5,9H,6-8H2,1-2H3,(H2,20,24)(H2,21,22,25,28)/t9-/m0/s1. The van der Waals surface area contributed by atoms with Crippen molar-refractivity contribution in [1.82, 2.24) is 5.32 Å². The van der Waals surface area contributed by atoms with Crippen molar-refractivity contribution in [2.45, 2.75) is 33.1 Å². The van der Waals surface area contributed by atoms with Gasteiger partial charge in [-0.2, -0.15) is 0 Å². The van der Waals surface area contributed by atoms with Crippen LogP contribution < -0.4 is 16.4 Å². The highest BCUT2D eigenvalue weighted by atomic mass is 32.1. The third-order valence-corrected chi connectivity index (χ3v) is 6.33. The van der Waals surface area contributed by atoms with Gasteiger partial charge in [0.2, 0.25) is 0 Å². The normalized spacial score (nSPS) is 15.3. The summed E-state index contributed by atoms with van der Waals surface area (Å²) in [6, 6.07) is 4.26. The van der Waals surface area contributed by atoms with Gasteiger partial charge in [0.15, 0.2) is 5.11 Å². The van der Waals surface area contributed by atoms with Gasteiger partial charge in [-0.1, -0.05) is 13.0 Å². The zero-order valence-electron chi connectivity index (χ0n) is 15.9. The number of fused-ring (bicyclic) bond motifs is 1. The number of nitro benzene ring substituents is 1. The molecule has 10 heteroatoms. The molecule has 1 aliphatic rings. The Morgan fingerprint density at radius 2 is 2.10 bits per heavy atom. The topological polar surface area (TPSA) is 127 Å². The lowest BCUT2D eigenvalue weighted by atomic mass is 9.88. The fourth-order valence-corrected chi connectivity index (χ4v) is 5.15. The van der Waals surface area contributed by atoms with E-state index in [2.05, 4.69) is 17.6 Å². The highest BCUT2D eigenvalue weighted by Gasteiger charge is 2.27. The van der Waals surface area contributed by atoms with E-state index in [1.165, 1.54) is 36.5 Å². The summed E-state index contributed by atoms with van der Waals surface area (Å²) < 4.78 is 0. The average molecular weight is 433 g/mol. The van der Waals surface area contributed by atoms with Crippen LogP contribution in [-0.4, -0.2) is 21.9 Å². The molecule has 0 aliphatic heterocycles. The van der Waals surface area contributed by atoms with Crippen LogP contribution >= 0.6 is 23.6 Å².